The number of hydrogen-bond donors (Lipinski definition) is 1. The monoisotopic (exact) mass is 277 g/mol. The summed E-state index contributed by atoms with van der Waals surface area (Å²) in [7, 11) is 2.08. The molecule has 1 aliphatic heterocycles. The topological polar surface area (TPSA) is 61.4 Å². The summed E-state index contributed by atoms with van der Waals surface area (Å²) in [6.45, 7) is 7.47. The molecule has 0 radical (unpaired) electrons. The summed E-state index contributed by atoms with van der Waals surface area (Å²) < 4.78 is 0. The van der Waals surface area contributed by atoms with Crippen LogP contribution in [0.1, 0.15) is 30.8 Å². The van der Waals surface area contributed by atoms with E-state index in [0.29, 0.717) is 11.7 Å². The zero-order valence-electron chi connectivity index (χ0n) is 12.5. The molecule has 2 rings (SSSR count). The molecular weight excluding hydrogens is 254 g/mol. The third kappa shape index (κ3) is 3.45. The zero-order valence-corrected chi connectivity index (χ0v) is 12.5. The van der Waals surface area contributed by atoms with Crippen LogP contribution in [0.25, 0.3) is 0 Å². The molecule has 1 N–H and O–H groups in total. The second-order valence-corrected chi connectivity index (χ2v) is 5.29. The molecule has 1 saturated heterocycles. The van der Waals surface area contributed by atoms with Crippen LogP contribution in [0.5, 0.6) is 0 Å². The SMILES string of the molecule is CCCNc1cnc(C(=O)N2CCN(C)C(C)C2)cn1. The zero-order chi connectivity index (χ0) is 14.5. The molecule has 2 heterocycles. The number of likely N-dealkylation sites (N-methyl/N-ethyl adjacent to an activating group) is 1. The first-order valence-corrected chi connectivity index (χ1v) is 7.17. The Kier molecular flexibility index (Phi) is 4.89. The molecule has 6 nitrogen and oxygen atoms in total. The number of carbonyl (C=O) groups is 1. The molecule has 110 valence electrons. The molecule has 1 atom stereocenters. The Labute approximate surface area is 120 Å². The highest BCUT2D eigenvalue weighted by Gasteiger charge is 2.25. The molecule has 1 aromatic rings. The summed E-state index contributed by atoms with van der Waals surface area (Å²) in [5, 5.41) is 3.15. The first-order chi connectivity index (χ1) is 9.61. The fourth-order valence-corrected chi connectivity index (χ4v) is 2.18. The molecular formula is C14H23N5O. The van der Waals surface area contributed by atoms with Gasteiger partial charge in [-0.15, -0.1) is 0 Å². The first kappa shape index (κ1) is 14.7. The van der Waals surface area contributed by atoms with E-state index in [1.165, 1.54) is 0 Å². The number of anilines is 1. The van der Waals surface area contributed by atoms with Crippen molar-refractivity contribution in [2.24, 2.45) is 0 Å². The Morgan fingerprint density at radius 2 is 2.20 bits per heavy atom. The van der Waals surface area contributed by atoms with E-state index in [9.17, 15) is 4.79 Å². The van der Waals surface area contributed by atoms with Crippen LogP contribution < -0.4 is 5.32 Å². The average Bonchev–Trinajstić information content (AvgIpc) is 2.48. The average molecular weight is 277 g/mol. The number of nitrogens with zero attached hydrogens (tertiary/aromatic N) is 4. The Hall–Kier alpha value is -1.69. The molecule has 1 aliphatic rings. The third-order valence-corrected chi connectivity index (χ3v) is 3.67. The summed E-state index contributed by atoms with van der Waals surface area (Å²) in [6.07, 6.45) is 4.22. The highest BCUT2D eigenvalue weighted by atomic mass is 16.2. The van der Waals surface area contributed by atoms with Crippen LogP contribution in [0.15, 0.2) is 12.4 Å². The predicted molar refractivity (Wildman–Crippen MR) is 78.8 cm³/mol. The van der Waals surface area contributed by atoms with Gasteiger partial charge in [0.1, 0.15) is 11.5 Å². The van der Waals surface area contributed by atoms with Gasteiger partial charge >= 0.3 is 0 Å². The molecule has 1 amide bonds. The summed E-state index contributed by atoms with van der Waals surface area (Å²) >= 11 is 0. The summed E-state index contributed by atoms with van der Waals surface area (Å²) in [6, 6.07) is 0.381. The molecule has 1 fully saturated rings. The number of piperazine rings is 1. The van der Waals surface area contributed by atoms with Crippen LogP contribution in [-0.4, -0.2) is 64.9 Å². The van der Waals surface area contributed by atoms with Crippen LogP contribution >= 0.6 is 0 Å². The van der Waals surface area contributed by atoms with Crippen LogP contribution in [0.2, 0.25) is 0 Å². The minimum atomic E-state index is -0.0282. The number of aromatic nitrogens is 2. The fourth-order valence-electron chi connectivity index (χ4n) is 2.18. The number of nitrogens with one attached hydrogen (secondary N) is 1. The maximum absolute atomic E-state index is 12.4. The highest BCUT2D eigenvalue weighted by Crippen LogP contribution is 2.11. The van der Waals surface area contributed by atoms with Crippen molar-refractivity contribution in [3.05, 3.63) is 18.1 Å². The van der Waals surface area contributed by atoms with E-state index in [-0.39, 0.29) is 5.91 Å². The van der Waals surface area contributed by atoms with Gasteiger partial charge in [-0.2, -0.15) is 0 Å². The lowest BCUT2D eigenvalue weighted by Gasteiger charge is -2.37. The summed E-state index contributed by atoms with van der Waals surface area (Å²) in [5.41, 5.74) is 0.420. The Bertz CT molecular complexity index is 447. The van der Waals surface area contributed by atoms with E-state index >= 15 is 0 Å². The van der Waals surface area contributed by atoms with Gasteiger partial charge in [-0.3, -0.25) is 4.79 Å². The van der Waals surface area contributed by atoms with Gasteiger partial charge in [0.15, 0.2) is 0 Å². The quantitative estimate of drug-likeness (QED) is 0.892. The molecule has 0 aromatic carbocycles. The summed E-state index contributed by atoms with van der Waals surface area (Å²) in [4.78, 5) is 24.9. The lowest BCUT2D eigenvalue weighted by molar-refractivity contribution is 0.0566. The molecule has 6 heteroatoms. The number of hydrogen-bond acceptors (Lipinski definition) is 5. The molecule has 20 heavy (non-hydrogen) atoms. The van der Waals surface area contributed by atoms with Crippen LogP contribution in [0.4, 0.5) is 5.82 Å². The van der Waals surface area contributed by atoms with Crippen molar-refractivity contribution in [3.63, 3.8) is 0 Å². The lowest BCUT2D eigenvalue weighted by Crippen LogP contribution is -2.52. The van der Waals surface area contributed by atoms with Gasteiger partial charge in [-0.25, -0.2) is 9.97 Å². The van der Waals surface area contributed by atoms with E-state index in [0.717, 1.165) is 38.4 Å². The smallest absolute Gasteiger partial charge is 0.274 e. The van der Waals surface area contributed by atoms with Gasteiger partial charge in [0.05, 0.1) is 12.4 Å². The number of rotatable bonds is 4. The highest BCUT2D eigenvalue weighted by molar-refractivity contribution is 5.92. The van der Waals surface area contributed by atoms with Crippen molar-refractivity contribution in [3.8, 4) is 0 Å². The third-order valence-electron chi connectivity index (χ3n) is 3.67. The Balaban J connectivity index is 1.98. The van der Waals surface area contributed by atoms with Crippen molar-refractivity contribution < 1.29 is 4.79 Å². The minimum absolute atomic E-state index is 0.0282. The largest absolute Gasteiger partial charge is 0.369 e. The molecule has 1 unspecified atom stereocenters. The van der Waals surface area contributed by atoms with Crippen molar-refractivity contribution >= 4 is 11.7 Å². The second kappa shape index (κ2) is 6.65. The minimum Gasteiger partial charge on any atom is -0.369 e. The second-order valence-electron chi connectivity index (χ2n) is 5.29. The standard InChI is InChI=1S/C14H23N5O/c1-4-5-15-13-9-16-12(8-17-13)14(20)19-7-6-18(3)11(2)10-19/h8-9,11H,4-7,10H2,1-3H3,(H,15,17). The number of carbonyl (C=O) groups excluding carboxylic acids is 1. The van der Waals surface area contributed by atoms with Crippen molar-refractivity contribution in [1.29, 1.82) is 0 Å². The molecule has 0 saturated carbocycles. The first-order valence-electron chi connectivity index (χ1n) is 7.17. The van der Waals surface area contributed by atoms with Crippen LogP contribution in [-0.2, 0) is 0 Å². The van der Waals surface area contributed by atoms with Gasteiger partial charge in [-0.1, -0.05) is 6.92 Å². The summed E-state index contributed by atoms with van der Waals surface area (Å²) in [5.74, 6) is 0.689. The van der Waals surface area contributed by atoms with E-state index < -0.39 is 0 Å². The van der Waals surface area contributed by atoms with Gasteiger partial charge in [0.2, 0.25) is 0 Å². The Morgan fingerprint density at radius 3 is 2.80 bits per heavy atom. The van der Waals surface area contributed by atoms with E-state index in [4.69, 9.17) is 0 Å². The van der Waals surface area contributed by atoms with Crippen LogP contribution in [0, 0.1) is 0 Å². The van der Waals surface area contributed by atoms with Gasteiger partial charge in [-0.05, 0) is 20.4 Å². The molecule has 1 aromatic heterocycles. The number of amides is 1. The molecule has 0 aliphatic carbocycles. The van der Waals surface area contributed by atoms with Crippen molar-refractivity contribution in [2.45, 2.75) is 26.3 Å². The van der Waals surface area contributed by atoms with E-state index in [2.05, 4.69) is 41.1 Å². The predicted octanol–water partition coefficient (Wildman–Crippen LogP) is 1.07. The van der Waals surface area contributed by atoms with Gasteiger partial charge in [0, 0.05) is 32.2 Å². The van der Waals surface area contributed by atoms with Crippen LogP contribution in [0.3, 0.4) is 0 Å². The van der Waals surface area contributed by atoms with Gasteiger partial charge in [0.25, 0.3) is 5.91 Å². The van der Waals surface area contributed by atoms with Crippen molar-refractivity contribution in [1.82, 2.24) is 19.8 Å². The van der Waals surface area contributed by atoms with E-state index in [1.807, 2.05) is 4.90 Å². The normalized spacial score (nSPS) is 19.9. The maximum Gasteiger partial charge on any atom is 0.274 e. The Morgan fingerprint density at radius 1 is 1.40 bits per heavy atom. The maximum atomic E-state index is 12.4. The van der Waals surface area contributed by atoms with Gasteiger partial charge < -0.3 is 15.1 Å². The lowest BCUT2D eigenvalue weighted by atomic mass is 10.2. The van der Waals surface area contributed by atoms with E-state index in [1.54, 1.807) is 12.4 Å². The van der Waals surface area contributed by atoms with Crippen molar-refractivity contribution in [2.75, 3.05) is 38.5 Å². The molecule has 0 bridgehead atoms. The molecule has 0 spiro atoms. The fraction of sp³-hybridized carbons (Fsp3) is 0.643.